The first kappa shape index (κ1) is 15.2. The number of hydrogen-bond donors (Lipinski definition) is 2. The average molecular weight is 293 g/mol. The maximum atomic E-state index is 12.0. The third-order valence-corrected chi connectivity index (χ3v) is 3.69. The van der Waals surface area contributed by atoms with Gasteiger partial charge in [0, 0.05) is 17.4 Å². The summed E-state index contributed by atoms with van der Waals surface area (Å²) in [5, 5.41) is 11.3. The summed E-state index contributed by atoms with van der Waals surface area (Å²) >= 11 is 0. The predicted molar refractivity (Wildman–Crippen MR) is 75.6 cm³/mol. The summed E-state index contributed by atoms with van der Waals surface area (Å²) in [4.78, 5) is 22.8. The van der Waals surface area contributed by atoms with Gasteiger partial charge in [-0.1, -0.05) is 0 Å². The second-order valence-electron chi connectivity index (χ2n) is 5.13. The van der Waals surface area contributed by atoms with Crippen molar-refractivity contribution in [3.05, 3.63) is 23.8 Å². The van der Waals surface area contributed by atoms with Crippen molar-refractivity contribution in [3.63, 3.8) is 0 Å². The number of carboxylic acids is 1. The lowest BCUT2D eigenvalue weighted by atomic mass is 10.1. The molecule has 0 aromatic heterocycles. The van der Waals surface area contributed by atoms with Crippen LogP contribution < -0.4 is 14.8 Å². The number of hydrogen-bond acceptors (Lipinski definition) is 4. The third-order valence-electron chi connectivity index (χ3n) is 3.69. The van der Waals surface area contributed by atoms with Crippen molar-refractivity contribution in [2.75, 3.05) is 14.2 Å². The van der Waals surface area contributed by atoms with Crippen LogP contribution in [0.15, 0.2) is 18.2 Å². The fourth-order valence-electron chi connectivity index (χ4n) is 2.34. The van der Waals surface area contributed by atoms with E-state index >= 15 is 0 Å². The van der Waals surface area contributed by atoms with Gasteiger partial charge in [-0.2, -0.15) is 0 Å². The zero-order valence-corrected chi connectivity index (χ0v) is 12.3. The first-order valence-corrected chi connectivity index (χ1v) is 6.73. The summed E-state index contributed by atoms with van der Waals surface area (Å²) in [6, 6.07) is 4.58. The minimum atomic E-state index is -1.04. The quantitative estimate of drug-likeness (QED) is 0.828. The Hall–Kier alpha value is -2.24. The van der Waals surface area contributed by atoms with Gasteiger partial charge in [-0.05, 0) is 31.5 Å². The van der Waals surface area contributed by atoms with Gasteiger partial charge in [0.2, 0.25) is 5.91 Å². The van der Waals surface area contributed by atoms with Crippen molar-refractivity contribution in [2.45, 2.75) is 25.3 Å². The Morgan fingerprint density at radius 1 is 1.33 bits per heavy atom. The number of benzene rings is 1. The molecule has 2 rings (SSSR count). The van der Waals surface area contributed by atoms with Gasteiger partial charge in [0.25, 0.3) is 0 Å². The Bertz CT molecular complexity index is 557. The van der Waals surface area contributed by atoms with Gasteiger partial charge < -0.3 is 19.9 Å². The van der Waals surface area contributed by atoms with Crippen LogP contribution in [0.1, 0.15) is 24.8 Å². The highest BCUT2D eigenvalue weighted by molar-refractivity contribution is 5.87. The summed E-state index contributed by atoms with van der Waals surface area (Å²) in [7, 11) is 3.16. The maximum absolute atomic E-state index is 12.0. The molecule has 6 heteroatoms. The van der Waals surface area contributed by atoms with E-state index in [1.54, 1.807) is 26.4 Å². The van der Waals surface area contributed by atoms with E-state index in [4.69, 9.17) is 14.6 Å². The van der Waals surface area contributed by atoms with Crippen molar-refractivity contribution in [2.24, 2.45) is 5.92 Å². The highest BCUT2D eigenvalue weighted by atomic mass is 16.5. The van der Waals surface area contributed by atoms with Crippen LogP contribution >= 0.6 is 0 Å². The van der Waals surface area contributed by atoms with Gasteiger partial charge in [-0.15, -0.1) is 0 Å². The second kappa shape index (κ2) is 6.03. The predicted octanol–water partition coefficient (Wildman–Crippen LogP) is 1.40. The molecule has 0 heterocycles. The molecular formula is C15H19NO5. The molecule has 0 aliphatic heterocycles. The highest BCUT2D eigenvalue weighted by Gasteiger charge is 2.46. The minimum Gasteiger partial charge on any atom is -0.497 e. The van der Waals surface area contributed by atoms with Crippen molar-refractivity contribution in [1.29, 1.82) is 0 Å². The number of nitrogens with one attached hydrogen (secondary N) is 1. The van der Waals surface area contributed by atoms with Crippen molar-refractivity contribution < 1.29 is 24.2 Å². The zero-order chi connectivity index (χ0) is 15.6. The summed E-state index contributed by atoms with van der Waals surface area (Å²) in [6.45, 7) is 1.45. The fourth-order valence-corrected chi connectivity index (χ4v) is 2.34. The normalized spacial score (nSPS) is 21.3. The van der Waals surface area contributed by atoms with E-state index < -0.39 is 12.0 Å². The minimum absolute atomic E-state index is 0.0380. The number of aliphatic carboxylic acids is 1. The van der Waals surface area contributed by atoms with E-state index in [1.807, 2.05) is 6.07 Å². The average Bonchev–Trinajstić information content (AvgIpc) is 3.26. The molecule has 0 spiro atoms. The van der Waals surface area contributed by atoms with E-state index in [0.717, 1.165) is 5.56 Å². The molecule has 3 atom stereocenters. The van der Waals surface area contributed by atoms with Crippen molar-refractivity contribution >= 4 is 11.9 Å². The number of amides is 1. The smallest absolute Gasteiger partial charge is 0.325 e. The molecule has 2 N–H and O–H groups in total. The first-order valence-electron chi connectivity index (χ1n) is 6.73. The molecule has 0 radical (unpaired) electrons. The molecule has 6 nitrogen and oxygen atoms in total. The first-order chi connectivity index (χ1) is 9.97. The lowest BCUT2D eigenvalue weighted by Crippen LogP contribution is -2.39. The van der Waals surface area contributed by atoms with Gasteiger partial charge in [-0.25, -0.2) is 0 Å². The van der Waals surface area contributed by atoms with Crippen LogP contribution in [0.5, 0.6) is 11.5 Å². The summed E-state index contributed by atoms with van der Waals surface area (Å²) in [6.07, 6.45) is 0.682. The topological polar surface area (TPSA) is 84.9 Å². The van der Waals surface area contributed by atoms with Crippen LogP contribution in [0.4, 0.5) is 0 Å². The van der Waals surface area contributed by atoms with Crippen LogP contribution in [0.25, 0.3) is 0 Å². The van der Waals surface area contributed by atoms with Crippen LogP contribution in [-0.2, 0) is 9.59 Å². The Morgan fingerprint density at radius 3 is 2.62 bits per heavy atom. The van der Waals surface area contributed by atoms with Crippen LogP contribution in [0.3, 0.4) is 0 Å². The zero-order valence-electron chi connectivity index (χ0n) is 12.3. The SMILES string of the molecule is COc1ccc(OC)c(C2CC2C(=O)N[C@@H](C)C(=O)O)c1. The van der Waals surface area contributed by atoms with Crippen LogP contribution in [-0.4, -0.2) is 37.2 Å². The third kappa shape index (κ3) is 3.26. The van der Waals surface area contributed by atoms with E-state index in [2.05, 4.69) is 5.32 Å². The van der Waals surface area contributed by atoms with Crippen molar-refractivity contribution in [1.82, 2.24) is 5.32 Å². The molecule has 1 aliphatic rings. The number of ether oxygens (including phenoxy) is 2. The van der Waals surface area contributed by atoms with Gasteiger partial charge in [0.15, 0.2) is 0 Å². The second-order valence-corrected chi connectivity index (χ2v) is 5.13. The lowest BCUT2D eigenvalue weighted by Gasteiger charge is -2.11. The van der Waals surface area contributed by atoms with Crippen LogP contribution in [0.2, 0.25) is 0 Å². The van der Waals surface area contributed by atoms with E-state index in [1.165, 1.54) is 6.92 Å². The number of methoxy groups -OCH3 is 2. The molecule has 0 saturated heterocycles. The van der Waals surface area contributed by atoms with Crippen molar-refractivity contribution in [3.8, 4) is 11.5 Å². The summed E-state index contributed by atoms with van der Waals surface area (Å²) in [5.41, 5.74) is 0.917. The molecule has 2 unspecified atom stereocenters. The van der Waals surface area contributed by atoms with E-state index in [9.17, 15) is 9.59 Å². The molecule has 1 aromatic rings. The Labute approximate surface area is 123 Å². The van der Waals surface area contributed by atoms with Gasteiger partial charge in [0.05, 0.1) is 14.2 Å². The molecule has 114 valence electrons. The molecule has 1 aliphatic carbocycles. The van der Waals surface area contributed by atoms with Gasteiger partial charge in [-0.3, -0.25) is 9.59 Å². The number of carbonyl (C=O) groups is 2. The summed E-state index contributed by atoms with van der Waals surface area (Å²) < 4.78 is 10.5. The number of carbonyl (C=O) groups excluding carboxylic acids is 1. The van der Waals surface area contributed by atoms with Crippen LogP contribution in [0, 0.1) is 5.92 Å². The molecule has 1 aromatic carbocycles. The summed E-state index contributed by atoms with van der Waals surface area (Å²) in [5.74, 6) is -0.0405. The molecule has 21 heavy (non-hydrogen) atoms. The Kier molecular flexibility index (Phi) is 4.35. The Morgan fingerprint density at radius 2 is 2.05 bits per heavy atom. The molecule has 1 fully saturated rings. The van der Waals surface area contributed by atoms with E-state index in [0.29, 0.717) is 17.9 Å². The molecular weight excluding hydrogens is 274 g/mol. The standard InChI is InChI=1S/C15H19NO5/c1-8(15(18)19)16-14(17)12-7-10(12)11-6-9(20-2)4-5-13(11)21-3/h4-6,8,10,12H,7H2,1-3H3,(H,16,17)(H,18,19)/t8-,10?,12?/m0/s1. The maximum Gasteiger partial charge on any atom is 0.325 e. The molecule has 0 bridgehead atoms. The molecule has 1 amide bonds. The van der Waals surface area contributed by atoms with Gasteiger partial charge in [0.1, 0.15) is 17.5 Å². The molecule has 1 saturated carbocycles. The number of carboxylic acid groups (broad SMARTS) is 1. The number of rotatable bonds is 6. The Balaban J connectivity index is 2.09. The van der Waals surface area contributed by atoms with E-state index in [-0.39, 0.29) is 17.7 Å². The fraction of sp³-hybridized carbons (Fsp3) is 0.467. The van der Waals surface area contributed by atoms with Gasteiger partial charge >= 0.3 is 5.97 Å². The largest absolute Gasteiger partial charge is 0.497 e. The highest BCUT2D eigenvalue weighted by Crippen LogP contribution is 2.51. The lowest BCUT2D eigenvalue weighted by molar-refractivity contribution is -0.141. The monoisotopic (exact) mass is 293 g/mol.